The molecule has 21 heavy (non-hydrogen) atoms. The van der Waals surface area contributed by atoms with Crippen molar-refractivity contribution < 1.29 is 19.2 Å². The van der Waals surface area contributed by atoms with Crippen molar-refractivity contribution >= 4 is 17.6 Å². The van der Waals surface area contributed by atoms with Gasteiger partial charge in [-0.15, -0.1) is 0 Å². The number of carboxylic acid groups (broad SMARTS) is 1. The molecule has 1 fully saturated rings. The van der Waals surface area contributed by atoms with Gasteiger partial charge in [-0.05, 0) is 30.5 Å². The fraction of sp³-hybridized carbons (Fsp3) is 0.267. The van der Waals surface area contributed by atoms with Crippen LogP contribution >= 0.6 is 0 Å². The molecule has 1 aliphatic carbocycles. The van der Waals surface area contributed by atoms with Gasteiger partial charge in [-0.2, -0.15) is 0 Å². The maximum absolute atomic E-state index is 12.2. The smallest absolute Gasteiger partial charge is 0.307 e. The number of benzene rings is 1. The third kappa shape index (κ3) is 3.10. The van der Waals surface area contributed by atoms with Crippen LogP contribution in [0.3, 0.4) is 0 Å². The zero-order chi connectivity index (χ0) is 14.8. The van der Waals surface area contributed by atoms with Crippen LogP contribution in [0.4, 0.5) is 5.69 Å². The van der Waals surface area contributed by atoms with Gasteiger partial charge >= 0.3 is 5.97 Å². The average Bonchev–Trinajstić information content (AvgIpc) is 3.17. The number of carbonyl (C=O) groups is 2. The van der Waals surface area contributed by atoms with Gasteiger partial charge in [0.05, 0.1) is 12.1 Å². The molecule has 0 bridgehead atoms. The third-order valence-corrected chi connectivity index (χ3v) is 3.37. The first kappa shape index (κ1) is 13.4. The van der Waals surface area contributed by atoms with Crippen molar-refractivity contribution in [1.82, 2.24) is 5.16 Å². The largest absolute Gasteiger partial charge is 0.481 e. The Morgan fingerprint density at radius 2 is 2.00 bits per heavy atom. The maximum atomic E-state index is 12.2. The summed E-state index contributed by atoms with van der Waals surface area (Å²) in [6, 6.07) is 6.72. The normalized spacial score (nSPS) is 13.9. The monoisotopic (exact) mass is 286 g/mol. The Morgan fingerprint density at radius 1 is 1.29 bits per heavy atom. The molecule has 0 spiro atoms. The molecule has 0 unspecified atom stereocenters. The Labute approximate surface area is 120 Å². The van der Waals surface area contributed by atoms with Gasteiger partial charge in [-0.1, -0.05) is 17.3 Å². The summed E-state index contributed by atoms with van der Waals surface area (Å²) in [7, 11) is 0. The predicted molar refractivity (Wildman–Crippen MR) is 74.2 cm³/mol. The predicted octanol–water partition coefficient (Wildman–Crippen LogP) is 2.43. The van der Waals surface area contributed by atoms with Gasteiger partial charge in [-0.25, -0.2) is 0 Å². The van der Waals surface area contributed by atoms with Crippen molar-refractivity contribution in [2.75, 3.05) is 5.32 Å². The zero-order valence-electron chi connectivity index (χ0n) is 11.2. The van der Waals surface area contributed by atoms with Gasteiger partial charge in [0.25, 0.3) is 5.91 Å². The topological polar surface area (TPSA) is 92.4 Å². The van der Waals surface area contributed by atoms with Crippen LogP contribution in [0, 0.1) is 0 Å². The number of hydrogen-bond donors (Lipinski definition) is 2. The van der Waals surface area contributed by atoms with E-state index in [9.17, 15) is 9.59 Å². The lowest BCUT2D eigenvalue weighted by Gasteiger charge is -2.05. The molecule has 1 heterocycles. The zero-order valence-corrected chi connectivity index (χ0v) is 11.2. The van der Waals surface area contributed by atoms with Gasteiger partial charge in [0, 0.05) is 11.6 Å². The molecule has 1 aromatic heterocycles. The van der Waals surface area contributed by atoms with Crippen LogP contribution in [0.1, 0.15) is 40.4 Å². The van der Waals surface area contributed by atoms with Gasteiger partial charge in [0.1, 0.15) is 11.8 Å². The number of amides is 1. The molecule has 1 aliphatic rings. The molecule has 0 saturated heterocycles. The highest BCUT2D eigenvalue weighted by Gasteiger charge is 2.31. The van der Waals surface area contributed by atoms with Crippen molar-refractivity contribution in [2.45, 2.75) is 25.2 Å². The van der Waals surface area contributed by atoms with Crippen molar-refractivity contribution in [3.05, 3.63) is 47.3 Å². The van der Waals surface area contributed by atoms with Gasteiger partial charge < -0.3 is 14.9 Å². The second-order valence-corrected chi connectivity index (χ2v) is 5.11. The molecule has 3 rings (SSSR count). The summed E-state index contributed by atoms with van der Waals surface area (Å²) in [5.74, 6) is -0.808. The van der Waals surface area contributed by atoms with E-state index in [-0.39, 0.29) is 12.3 Å². The first-order valence-electron chi connectivity index (χ1n) is 6.70. The minimum atomic E-state index is -0.884. The third-order valence-electron chi connectivity index (χ3n) is 3.37. The fourth-order valence-corrected chi connectivity index (χ4v) is 2.15. The number of anilines is 1. The molecule has 108 valence electrons. The number of carbonyl (C=O) groups excluding carboxylic acids is 1. The van der Waals surface area contributed by atoms with Crippen molar-refractivity contribution in [1.29, 1.82) is 0 Å². The van der Waals surface area contributed by atoms with Crippen LogP contribution < -0.4 is 5.32 Å². The number of hydrogen-bond acceptors (Lipinski definition) is 4. The SMILES string of the molecule is O=C(O)Cc1ccc(NC(=O)c2conc2C2CC2)cc1. The summed E-state index contributed by atoms with van der Waals surface area (Å²) in [5, 5.41) is 15.4. The summed E-state index contributed by atoms with van der Waals surface area (Å²) >= 11 is 0. The Kier molecular flexibility index (Phi) is 3.43. The summed E-state index contributed by atoms with van der Waals surface area (Å²) in [4.78, 5) is 22.8. The number of rotatable bonds is 5. The molecular formula is C15H14N2O4. The van der Waals surface area contributed by atoms with Crippen molar-refractivity contribution in [3.63, 3.8) is 0 Å². The van der Waals surface area contributed by atoms with E-state index in [1.54, 1.807) is 24.3 Å². The molecule has 2 aromatic rings. The molecule has 6 nitrogen and oxygen atoms in total. The summed E-state index contributed by atoms with van der Waals surface area (Å²) in [6.07, 6.45) is 3.40. The molecule has 0 atom stereocenters. The Balaban J connectivity index is 1.69. The van der Waals surface area contributed by atoms with Crippen LogP contribution in [0.25, 0.3) is 0 Å². The van der Waals surface area contributed by atoms with Crippen LogP contribution in [-0.2, 0) is 11.2 Å². The van der Waals surface area contributed by atoms with E-state index in [4.69, 9.17) is 9.63 Å². The van der Waals surface area contributed by atoms with E-state index < -0.39 is 5.97 Å². The van der Waals surface area contributed by atoms with Gasteiger partial charge in [-0.3, -0.25) is 9.59 Å². The minimum Gasteiger partial charge on any atom is -0.481 e. The summed E-state index contributed by atoms with van der Waals surface area (Å²) in [5.41, 5.74) is 2.48. The number of nitrogens with one attached hydrogen (secondary N) is 1. The Hall–Kier alpha value is -2.63. The van der Waals surface area contributed by atoms with Crippen LogP contribution in [0.2, 0.25) is 0 Å². The molecule has 0 aliphatic heterocycles. The second-order valence-electron chi connectivity index (χ2n) is 5.11. The van der Waals surface area contributed by atoms with Crippen molar-refractivity contribution in [2.24, 2.45) is 0 Å². The minimum absolute atomic E-state index is 0.0360. The van der Waals surface area contributed by atoms with E-state index in [0.29, 0.717) is 22.7 Å². The lowest BCUT2D eigenvalue weighted by atomic mass is 10.1. The molecule has 1 saturated carbocycles. The number of aliphatic carboxylic acids is 1. The van der Waals surface area contributed by atoms with E-state index >= 15 is 0 Å². The van der Waals surface area contributed by atoms with Crippen LogP contribution in [-0.4, -0.2) is 22.1 Å². The van der Waals surface area contributed by atoms with Crippen LogP contribution in [0.15, 0.2) is 35.1 Å². The molecule has 1 aromatic carbocycles. The lowest BCUT2D eigenvalue weighted by molar-refractivity contribution is -0.136. The highest BCUT2D eigenvalue weighted by atomic mass is 16.5. The van der Waals surface area contributed by atoms with Crippen molar-refractivity contribution in [3.8, 4) is 0 Å². The first-order valence-corrected chi connectivity index (χ1v) is 6.70. The molecule has 2 N–H and O–H groups in total. The summed E-state index contributed by atoms with van der Waals surface area (Å²) < 4.78 is 4.89. The van der Waals surface area contributed by atoms with Crippen LogP contribution in [0.5, 0.6) is 0 Å². The molecular weight excluding hydrogens is 272 g/mol. The number of aromatic nitrogens is 1. The Bertz CT molecular complexity index is 671. The molecule has 0 radical (unpaired) electrons. The maximum Gasteiger partial charge on any atom is 0.307 e. The second kappa shape index (κ2) is 5.40. The summed E-state index contributed by atoms with van der Waals surface area (Å²) in [6.45, 7) is 0. The lowest BCUT2D eigenvalue weighted by Crippen LogP contribution is -2.13. The van der Waals surface area contributed by atoms with Gasteiger partial charge in [0.2, 0.25) is 0 Å². The van der Waals surface area contributed by atoms with E-state index in [1.807, 2.05) is 0 Å². The first-order chi connectivity index (χ1) is 10.1. The fourth-order valence-electron chi connectivity index (χ4n) is 2.15. The number of carboxylic acids is 1. The quantitative estimate of drug-likeness (QED) is 0.880. The number of nitrogens with zero attached hydrogens (tertiary/aromatic N) is 1. The highest BCUT2D eigenvalue weighted by molar-refractivity contribution is 6.05. The standard InChI is InChI=1S/C15H14N2O4/c18-13(19)7-9-1-5-11(6-2-9)16-15(20)12-8-21-17-14(12)10-3-4-10/h1-2,5-6,8,10H,3-4,7H2,(H,16,20)(H,18,19). The van der Waals surface area contributed by atoms with E-state index in [2.05, 4.69) is 10.5 Å². The highest BCUT2D eigenvalue weighted by Crippen LogP contribution is 2.40. The molecule has 6 heteroatoms. The van der Waals surface area contributed by atoms with Gasteiger partial charge in [0.15, 0.2) is 0 Å². The van der Waals surface area contributed by atoms with E-state index in [0.717, 1.165) is 18.5 Å². The Morgan fingerprint density at radius 3 is 2.62 bits per heavy atom. The van der Waals surface area contributed by atoms with E-state index in [1.165, 1.54) is 6.26 Å². The molecule has 1 amide bonds. The average molecular weight is 286 g/mol.